The summed E-state index contributed by atoms with van der Waals surface area (Å²) in [5, 5.41) is 8.25. The van der Waals surface area contributed by atoms with Crippen LogP contribution in [0.2, 0.25) is 0 Å². The number of methoxy groups -OCH3 is 2. The molecule has 0 radical (unpaired) electrons. The Morgan fingerprint density at radius 1 is 0.980 bits per heavy atom. The molecule has 7 rings (SSSR count). The summed E-state index contributed by atoms with van der Waals surface area (Å²) in [6.07, 6.45) is 13.7. The van der Waals surface area contributed by atoms with E-state index in [1.165, 1.54) is 0 Å². The van der Waals surface area contributed by atoms with Crippen molar-refractivity contribution < 1.29 is 24.9 Å². The predicted molar refractivity (Wildman–Crippen MR) is 183 cm³/mol. The molecule has 6 heterocycles. The molecule has 252 valence electrons. The summed E-state index contributed by atoms with van der Waals surface area (Å²) >= 11 is 0. The molecule has 0 aliphatic carbocycles. The van der Waals surface area contributed by atoms with Gasteiger partial charge in [-0.25, -0.2) is 4.39 Å². The highest BCUT2D eigenvalue weighted by atomic mass is 19.1. The second kappa shape index (κ2) is 13.7. The molecule has 4 aromatic heterocycles. The minimum absolute atomic E-state index is 0. The molecule has 2 aliphatic heterocycles. The largest absolute Gasteiger partial charge is 0.496 e. The SMILES string of the molecule is COc1ccncc1-c1cc(C2=CCCN(C(=O)CCn3ccnn3)C2)c(F)c2[nH]c(C(=O)N3CC=C(c4ncccc4OC)CC3)cc12.[HH]. The fourth-order valence-corrected chi connectivity index (χ4v) is 6.50. The molecule has 0 unspecified atom stereocenters. The van der Waals surface area contributed by atoms with Gasteiger partial charge in [0.15, 0.2) is 5.82 Å². The summed E-state index contributed by atoms with van der Waals surface area (Å²) in [5.41, 5.74) is 4.58. The molecule has 12 nitrogen and oxygen atoms in total. The number of benzene rings is 1. The summed E-state index contributed by atoms with van der Waals surface area (Å²) in [6, 6.07) is 8.89. The second-order valence-electron chi connectivity index (χ2n) is 11.9. The first kappa shape index (κ1) is 31.7. The Morgan fingerprint density at radius 2 is 1.86 bits per heavy atom. The van der Waals surface area contributed by atoms with E-state index in [0.29, 0.717) is 78.2 Å². The van der Waals surface area contributed by atoms with Gasteiger partial charge in [0, 0.05) is 75.3 Å². The monoisotopic (exact) mass is 664 g/mol. The van der Waals surface area contributed by atoms with Crippen molar-refractivity contribution in [2.24, 2.45) is 0 Å². The molecule has 0 fully saturated rings. The maximum absolute atomic E-state index is 16.6. The molecule has 13 heteroatoms. The molecule has 0 atom stereocenters. The molecule has 2 amide bonds. The molecule has 1 aromatic carbocycles. The van der Waals surface area contributed by atoms with E-state index >= 15 is 4.39 Å². The van der Waals surface area contributed by atoms with E-state index in [0.717, 1.165) is 11.3 Å². The molecule has 49 heavy (non-hydrogen) atoms. The van der Waals surface area contributed by atoms with E-state index in [4.69, 9.17) is 9.47 Å². The second-order valence-corrected chi connectivity index (χ2v) is 11.9. The van der Waals surface area contributed by atoms with Crippen molar-refractivity contribution in [3.8, 4) is 22.6 Å². The fraction of sp³-hybridized carbons (Fsp3) is 0.278. The van der Waals surface area contributed by atoms with Crippen molar-refractivity contribution in [2.75, 3.05) is 40.4 Å². The summed E-state index contributed by atoms with van der Waals surface area (Å²) in [5.74, 6) is 0.451. The Kier molecular flexibility index (Phi) is 8.88. The van der Waals surface area contributed by atoms with E-state index in [1.54, 1.807) is 77.9 Å². The standard InChI is InChI=1S/C36H35FN8O4.H2/c1-48-30-7-12-38-21-28(30)26-19-25(24-5-4-14-44(22-24)32(46)10-17-45-18-13-40-42-45)33(37)35-27(26)20-29(41-35)36(47)43-15-8-23(9-16-43)34-31(49-2)6-3-11-39-34;/h3,5-8,11-13,18-21,41H,4,9-10,14-17,22H2,1-2H3;1H. The van der Waals surface area contributed by atoms with Crippen LogP contribution in [0.25, 0.3) is 33.2 Å². The lowest BCUT2D eigenvalue weighted by Crippen LogP contribution is -2.36. The molecular formula is C36H37FN8O4. The van der Waals surface area contributed by atoms with Gasteiger partial charge in [0.2, 0.25) is 5.91 Å². The number of pyridine rings is 2. The van der Waals surface area contributed by atoms with Crippen molar-refractivity contribution in [2.45, 2.75) is 25.8 Å². The number of aromatic amines is 1. The number of nitrogens with zero attached hydrogens (tertiary/aromatic N) is 7. The molecule has 1 N–H and O–H groups in total. The Balaban J connectivity index is 0.00000432. The van der Waals surface area contributed by atoms with Gasteiger partial charge < -0.3 is 24.3 Å². The van der Waals surface area contributed by atoms with Crippen molar-refractivity contribution in [1.29, 1.82) is 0 Å². The number of ether oxygens (including phenoxy) is 2. The Hall–Kier alpha value is -5.85. The van der Waals surface area contributed by atoms with Crippen LogP contribution in [0.3, 0.4) is 0 Å². The quantitative estimate of drug-likeness (QED) is 0.226. The Labute approximate surface area is 283 Å². The normalized spacial score (nSPS) is 14.8. The summed E-state index contributed by atoms with van der Waals surface area (Å²) in [4.78, 5) is 42.4. The van der Waals surface area contributed by atoms with Crippen LogP contribution in [0.15, 0.2) is 73.5 Å². The third kappa shape index (κ3) is 6.26. The lowest BCUT2D eigenvalue weighted by molar-refractivity contribution is -0.131. The first-order chi connectivity index (χ1) is 23.9. The van der Waals surface area contributed by atoms with Crippen LogP contribution in [0.4, 0.5) is 4.39 Å². The minimum atomic E-state index is -0.494. The third-order valence-electron chi connectivity index (χ3n) is 9.04. The average molecular weight is 665 g/mol. The van der Waals surface area contributed by atoms with Gasteiger partial charge in [0.1, 0.15) is 22.9 Å². The smallest absolute Gasteiger partial charge is 0.270 e. The zero-order chi connectivity index (χ0) is 33.9. The number of hydrogen-bond donors (Lipinski definition) is 1. The van der Waals surface area contributed by atoms with Crippen molar-refractivity contribution in [3.05, 3.63) is 96.2 Å². The van der Waals surface area contributed by atoms with E-state index in [1.807, 2.05) is 24.3 Å². The van der Waals surface area contributed by atoms with Gasteiger partial charge in [-0.3, -0.25) is 24.2 Å². The van der Waals surface area contributed by atoms with Crippen LogP contribution in [-0.4, -0.2) is 92.0 Å². The third-order valence-corrected chi connectivity index (χ3v) is 9.04. The molecular weight excluding hydrogens is 627 g/mol. The molecule has 0 saturated carbocycles. The van der Waals surface area contributed by atoms with Crippen LogP contribution in [-0.2, 0) is 11.3 Å². The first-order valence-corrected chi connectivity index (χ1v) is 16.1. The number of nitrogens with one attached hydrogen (secondary N) is 1. The first-order valence-electron chi connectivity index (χ1n) is 16.1. The lowest BCUT2D eigenvalue weighted by atomic mass is 9.93. The number of H-pyrrole nitrogens is 1. The van der Waals surface area contributed by atoms with Crippen molar-refractivity contribution >= 4 is 33.9 Å². The number of hydrogen-bond acceptors (Lipinski definition) is 8. The number of amides is 2. The highest BCUT2D eigenvalue weighted by Gasteiger charge is 2.27. The van der Waals surface area contributed by atoms with Crippen LogP contribution < -0.4 is 9.47 Å². The summed E-state index contributed by atoms with van der Waals surface area (Å²) in [7, 11) is 3.18. The van der Waals surface area contributed by atoms with Crippen LogP contribution in [0.1, 0.15) is 42.4 Å². The van der Waals surface area contributed by atoms with E-state index in [-0.39, 0.29) is 37.4 Å². The van der Waals surface area contributed by atoms with Gasteiger partial charge in [0.05, 0.1) is 32.5 Å². The average Bonchev–Trinajstić information content (AvgIpc) is 3.85. The van der Waals surface area contributed by atoms with Crippen molar-refractivity contribution in [3.63, 3.8) is 0 Å². The number of aryl methyl sites for hydroxylation is 1. The van der Waals surface area contributed by atoms with Gasteiger partial charge in [-0.05, 0) is 59.9 Å². The molecule has 0 spiro atoms. The van der Waals surface area contributed by atoms with Gasteiger partial charge in [-0.15, -0.1) is 5.10 Å². The van der Waals surface area contributed by atoms with Crippen LogP contribution >= 0.6 is 0 Å². The summed E-state index contributed by atoms with van der Waals surface area (Å²) < 4.78 is 29.4. The van der Waals surface area contributed by atoms with Crippen LogP contribution in [0.5, 0.6) is 11.5 Å². The van der Waals surface area contributed by atoms with Crippen molar-refractivity contribution in [1.82, 2.24) is 39.7 Å². The van der Waals surface area contributed by atoms with Gasteiger partial charge in [0.25, 0.3) is 5.91 Å². The lowest BCUT2D eigenvalue weighted by Gasteiger charge is -2.28. The minimum Gasteiger partial charge on any atom is -0.496 e. The van der Waals surface area contributed by atoms with Gasteiger partial charge >= 0.3 is 0 Å². The Morgan fingerprint density at radius 3 is 2.63 bits per heavy atom. The fourth-order valence-electron chi connectivity index (χ4n) is 6.50. The number of carbonyl (C=O) groups is 2. The maximum atomic E-state index is 16.6. The molecule has 0 saturated heterocycles. The predicted octanol–water partition coefficient (Wildman–Crippen LogP) is 5.25. The molecule has 5 aromatic rings. The van der Waals surface area contributed by atoms with E-state index in [9.17, 15) is 9.59 Å². The van der Waals surface area contributed by atoms with Crippen LogP contribution in [0, 0.1) is 5.82 Å². The molecule has 2 aliphatic rings. The number of aromatic nitrogens is 6. The number of rotatable bonds is 9. The molecule has 0 bridgehead atoms. The maximum Gasteiger partial charge on any atom is 0.270 e. The van der Waals surface area contributed by atoms with E-state index in [2.05, 4.69) is 25.3 Å². The topological polar surface area (TPSA) is 131 Å². The highest BCUT2D eigenvalue weighted by Crippen LogP contribution is 2.40. The highest BCUT2D eigenvalue weighted by molar-refractivity contribution is 6.05. The zero-order valence-corrected chi connectivity index (χ0v) is 27.2. The summed E-state index contributed by atoms with van der Waals surface area (Å²) in [6.45, 7) is 2.02. The zero-order valence-electron chi connectivity index (χ0n) is 27.2. The number of fused-ring (bicyclic) bond motifs is 1. The van der Waals surface area contributed by atoms with Gasteiger partial charge in [-0.1, -0.05) is 17.4 Å². The number of carbonyl (C=O) groups excluding carboxylic acids is 2. The van der Waals surface area contributed by atoms with E-state index < -0.39 is 5.82 Å². The Bertz CT molecular complexity index is 2090. The van der Waals surface area contributed by atoms with Gasteiger partial charge in [-0.2, -0.15) is 0 Å². The number of halogens is 1.